The van der Waals surface area contributed by atoms with E-state index in [-0.39, 0.29) is 6.61 Å². The molecule has 1 nitrogen and oxygen atoms in total. The van der Waals surface area contributed by atoms with Crippen molar-refractivity contribution in [3.63, 3.8) is 0 Å². The quantitative estimate of drug-likeness (QED) is 0.465. The lowest BCUT2D eigenvalue weighted by Crippen LogP contribution is -1.80. The molecule has 0 aliphatic rings. The van der Waals surface area contributed by atoms with Crippen molar-refractivity contribution in [2.75, 3.05) is 6.61 Å². The molecule has 0 aromatic rings. The minimum atomic E-state index is 0.273. The summed E-state index contributed by atoms with van der Waals surface area (Å²) in [6, 6.07) is 0. The molecule has 0 radical (unpaired) electrons. The molecule has 0 aromatic heterocycles. The largest absolute Gasteiger partial charge is 0.396 e. The average Bonchev–Trinajstić information content (AvgIpc) is 1.87. The predicted octanol–water partition coefficient (Wildman–Crippen LogP) is 1.73. The Balaban J connectivity index is 3.20. The third-order valence-electron chi connectivity index (χ3n) is 1.01. The highest BCUT2D eigenvalue weighted by Crippen LogP contribution is 1.92. The van der Waals surface area contributed by atoms with E-state index in [0.717, 1.165) is 24.8 Å². The number of allylic oxidation sites excluding steroid dienone is 1. The standard InChI is InChI=1S/C9H14O/c1-9(2)7-5-3-4-6-8-10/h10H,1,3-4,6,8H2,2H3. The van der Waals surface area contributed by atoms with E-state index < -0.39 is 0 Å². The summed E-state index contributed by atoms with van der Waals surface area (Å²) < 4.78 is 0. The van der Waals surface area contributed by atoms with Gasteiger partial charge in [-0.3, -0.25) is 0 Å². The molecule has 0 spiro atoms. The number of unbranched alkanes of at least 4 members (excludes halogenated alkanes) is 2. The zero-order valence-electron chi connectivity index (χ0n) is 6.48. The van der Waals surface area contributed by atoms with Crippen LogP contribution in [0.4, 0.5) is 0 Å². The lowest BCUT2D eigenvalue weighted by Gasteiger charge is -1.87. The van der Waals surface area contributed by atoms with Crippen LogP contribution in [0.1, 0.15) is 26.2 Å². The van der Waals surface area contributed by atoms with Gasteiger partial charge >= 0.3 is 0 Å². The molecule has 0 bridgehead atoms. The van der Waals surface area contributed by atoms with Crippen LogP contribution in [0, 0.1) is 11.8 Å². The van der Waals surface area contributed by atoms with Gasteiger partial charge in [-0.05, 0) is 25.3 Å². The number of hydrogen-bond donors (Lipinski definition) is 1. The second-order valence-corrected chi connectivity index (χ2v) is 2.26. The van der Waals surface area contributed by atoms with Crippen molar-refractivity contribution >= 4 is 0 Å². The van der Waals surface area contributed by atoms with Crippen molar-refractivity contribution in [2.24, 2.45) is 0 Å². The SMILES string of the molecule is C=C(C)C#CCCCCO. The predicted molar refractivity (Wildman–Crippen MR) is 43.5 cm³/mol. The smallest absolute Gasteiger partial charge is 0.0431 e. The monoisotopic (exact) mass is 138 g/mol. The highest BCUT2D eigenvalue weighted by Gasteiger charge is 1.80. The molecule has 0 unspecified atom stereocenters. The van der Waals surface area contributed by atoms with Crippen molar-refractivity contribution in [3.8, 4) is 11.8 Å². The summed E-state index contributed by atoms with van der Waals surface area (Å²) in [5.74, 6) is 5.84. The highest BCUT2D eigenvalue weighted by molar-refractivity contribution is 5.22. The Morgan fingerprint density at radius 3 is 2.70 bits per heavy atom. The van der Waals surface area contributed by atoms with Gasteiger partial charge in [0, 0.05) is 13.0 Å². The molecule has 0 rings (SSSR count). The minimum absolute atomic E-state index is 0.273. The van der Waals surface area contributed by atoms with Gasteiger partial charge in [-0.2, -0.15) is 0 Å². The van der Waals surface area contributed by atoms with Crippen molar-refractivity contribution < 1.29 is 5.11 Å². The van der Waals surface area contributed by atoms with Crippen LogP contribution in [0.2, 0.25) is 0 Å². The first kappa shape index (κ1) is 9.26. The van der Waals surface area contributed by atoms with Gasteiger partial charge in [-0.25, -0.2) is 0 Å². The fourth-order valence-electron chi connectivity index (χ4n) is 0.539. The summed E-state index contributed by atoms with van der Waals surface area (Å²) in [6.07, 6.45) is 2.70. The average molecular weight is 138 g/mol. The molecular formula is C9H14O. The molecular weight excluding hydrogens is 124 g/mol. The molecule has 1 N–H and O–H groups in total. The van der Waals surface area contributed by atoms with Crippen LogP contribution in [0.25, 0.3) is 0 Å². The Bertz CT molecular complexity index is 148. The molecule has 10 heavy (non-hydrogen) atoms. The summed E-state index contributed by atoms with van der Waals surface area (Å²) in [7, 11) is 0. The third-order valence-corrected chi connectivity index (χ3v) is 1.01. The van der Waals surface area contributed by atoms with E-state index in [4.69, 9.17) is 5.11 Å². The highest BCUT2D eigenvalue weighted by atomic mass is 16.2. The Morgan fingerprint density at radius 1 is 1.50 bits per heavy atom. The summed E-state index contributed by atoms with van der Waals surface area (Å²) in [5.41, 5.74) is 0.906. The Labute approximate surface area is 62.8 Å². The van der Waals surface area contributed by atoms with Gasteiger partial charge in [0.15, 0.2) is 0 Å². The van der Waals surface area contributed by atoms with Gasteiger partial charge in [-0.1, -0.05) is 18.4 Å². The molecule has 0 heterocycles. The van der Waals surface area contributed by atoms with E-state index in [2.05, 4.69) is 18.4 Å². The Kier molecular flexibility index (Phi) is 5.91. The van der Waals surface area contributed by atoms with Crippen LogP contribution in [0.3, 0.4) is 0 Å². The first-order chi connectivity index (χ1) is 4.77. The van der Waals surface area contributed by atoms with E-state index in [1.807, 2.05) is 6.92 Å². The second kappa shape index (κ2) is 6.38. The van der Waals surface area contributed by atoms with Crippen molar-refractivity contribution in [2.45, 2.75) is 26.2 Å². The maximum atomic E-state index is 8.41. The van der Waals surface area contributed by atoms with Gasteiger partial charge in [0.05, 0.1) is 0 Å². The Hall–Kier alpha value is -0.740. The molecule has 0 aliphatic heterocycles. The maximum absolute atomic E-state index is 8.41. The summed E-state index contributed by atoms with van der Waals surface area (Å²) in [4.78, 5) is 0. The van der Waals surface area contributed by atoms with Crippen LogP contribution in [-0.2, 0) is 0 Å². The Morgan fingerprint density at radius 2 is 2.20 bits per heavy atom. The number of hydrogen-bond acceptors (Lipinski definition) is 1. The number of aliphatic hydroxyl groups excluding tert-OH is 1. The van der Waals surface area contributed by atoms with E-state index in [9.17, 15) is 0 Å². The fourth-order valence-corrected chi connectivity index (χ4v) is 0.539. The summed E-state index contributed by atoms with van der Waals surface area (Å²) >= 11 is 0. The van der Waals surface area contributed by atoms with Crippen LogP contribution >= 0.6 is 0 Å². The van der Waals surface area contributed by atoms with E-state index in [0.29, 0.717) is 0 Å². The van der Waals surface area contributed by atoms with Gasteiger partial charge in [0.1, 0.15) is 0 Å². The van der Waals surface area contributed by atoms with E-state index in [1.165, 1.54) is 0 Å². The first-order valence-corrected chi connectivity index (χ1v) is 3.52. The molecule has 0 aromatic carbocycles. The van der Waals surface area contributed by atoms with Crippen molar-refractivity contribution in [1.29, 1.82) is 0 Å². The maximum Gasteiger partial charge on any atom is 0.0431 e. The van der Waals surface area contributed by atoms with Crippen LogP contribution in [-0.4, -0.2) is 11.7 Å². The van der Waals surface area contributed by atoms with Gasteiger partial charge in [0.25, 0.3) is 0 Å². The van der Waals surface area contributed by atoms with Crippen molar-refractivity contribution in [1.82, 2.24) is 0 Å². The zero-order chi connectivity index (χ0) is 7.82. The third kappa shape index (κ3) is 7.26. The van der Waals surface area contributed by atoms with Crippen LogP contribution in [0.15, 0.2) is 12.2 Å². The molecule has 56 valence electrons. The molecule has 1 heteroatoms. The van der Waals surface area contributed by atoms with Crippen molar-refractivity contribution in [3.05, 3.63) is 12.2 Å². The van der Waals surface area contributed by atoms with Gasteiger partial charge in [-0.15, -0.1) is 0 Å². The summed E-state index contributed by atoms with van der Waals surface area (Å²) in [5, 5.41) is 8.41. The normalized spacial score (nSPS) is 8.20. The topological polar surface area (TPSA) is 20.2 Å². The molecule has 0 saturated heterocycles. The first-order valence-electron chi connectivity index (χ1n) is 3.52. The number of aliphatic hydroxyl groups is 1. The molecule has 0 aliphatic carbocycles. The fraction of sp³-hybridized carbons (Fsp3) is 0.556. The molecule has 0 amide bonds. The van der Waals surface area contributed by atoms with Crippen LogP contribution in [0.5, 0.6) is 0 Å². The molecule has 0 saturated carbocycles. The molecule has 0 fully saturated rings. The van der Waals surface area contributed by atoms with Gasteiger partial charge in [0.2, 0.25) is 0 Å². The lowest BCUT2D eigenvalue weighted by molar-refractivity contribution is 0.285. The molecule has 0 atom stereocenters. The van der Waals surface area contributed by atoms with Gasteiger partial charge < -0.3 is 5.11 Å². The second-order valence-electron chi connectivity index (χ2n) is 2.26. The van der Waals surface area contributed by atoms with E-state index >= 15 is 0 Å². The van der Waals surface area contributed by atoms with E-state index in [1.54, 1.807) is 0 Å². The summed E-state index contributed by atoms with van der Waals surface area (Å²) in [6.45, 7) is 5.81. The van der Waals surface area contributed by atoms with Crippen LogP contribution < -0.4 is 0 Å². The number of rotatable bonds is 3. The minimum Gasteiger partial charge on any atom is -0.396 e. The lowest BCUT2D eigenvalue weighted by atomic mass is 10.2. The zero-order valence-corrected chi connectivity index (χ0v) is 6.48.